The van der Waals surface area contributed by atoms with Gasteiger partial charge in [-0.2, -0.15) is 11.8 Å². The van der Waals surface area contributed by atoms with Gasteiger partial charge in [-0.3, -0.25) is 0 Å². The van der Waals surface area contributed by atoms with Crippen molar-refractivity contribution in [1.29, 1.82) is 0 Å². The van der Waals surface area contributed by atoms with E-state index in [4.69, 9.17) is 5.11 Å². The highest BCUT2D eigenvalue weighted by Gasteiger charge is 2.32. The highest BCUT2D eigenvalue weighted by molar-refractivity contribution is 8.00. The Bertz CT molecular complexity index is 155. The Hall–Kier alpha value is 0.270. The highest BCUT2D eigenvalue weighted by atomic mass is 32.2. The summed E-state index contributed by atoms with van der Waals surface area (Å²) in [5, 5.41) is 12.6. The molecule has 1 rings (SSSR count). The molecular formula is C11H23NOS. The molecule has 14 heavy (non-hydrogen) atoms. The summed E-state index contributed by atoms with van der Waals surface area (Å²) in [6, 6.07) is 0. The van der Waals surface area contributed by atoms with Crippen LogP contribution < -0.4 is 5.32 Å². The van der Waals surface area contributed by atoms with Crippen LogP contribution >= 0.6 is 11.8 Å². The summed E-state index contributed by atoms with van der Waals surface area (Å²) in [6.45, 7) is 3.91. The summed E-state index contributed by atoms with van der Waals surface area (Å²) >= 11 is 2.01. The summed E-state index contributed by atoms with van der Waals surface area (Å²) < 4.78 is 0.499. The zero-order chi connectivity index (χ0) is 10.4. The van der Waals surface area contributed by atoms with E-state index in [0.29, 0.717) is 4.75 Å². The molecular weight excluding hydrogens is 194 g/mol. The molecule has 1 saturated carbocycles. The van der Waals surface area contributed by atoms with Gasteiger partial charge in [0.15, 0.2) is 0 Å². The van der Waals surface area contributed by atoms with Crippen LogP contribution in [0, 0.1) is 0 Å². The third-order valence-corrected chi connectivity index (χ3v) is 4.55. The van der Waals surface area contributed by atoms with Crippen molar-refractivity contribution in [1.82, 2.24) is 5.32 Å². The van der Waals surface area contributed by atoms with Crippen LogP contribution in [0.3, 0.4) is 0 Å². The number of aliphatic hydroxyl groups is 1. The molecule has 0 radical (unpaired) electrons. The third-order valence-electron chi connectivity index (χ3n) is 3.13. The molecule has 0 aromatic heterocycles. The number of hydrogen-bond donors (Lipinski definition) is 2. The van der Waals surface area contributed by atoms with Gasteiger partial charge in [0.1, 0.15) is 0 Å². The molecule has 2 N–H and O–H groups in total. The summed E-state index contributed by atoms with van der Waals surface area (Å²) in [7, 11) is 0. The van der Waals surface area contributed by atoms with Gasteiger partial charge in [0.25, 0.3) is 0 Å². The van der Waals surface area contributed by atoms with Crippen molar-refractivity contribution in [3.63, 3.8) is 0 Å². The molecule has 0 heterocycles. The van der Waals surface area contributed by atoms with Gasteiger partial charge < -0.3 is 10.4 Å². The second kappa shape index (κ2) is 5.99. The van der Waals surface area contributed by atoms with Crippen molar-refractivity contribution in [3.05, 3.63) is 0 Å². The van der Waals surface area contributed by atoms with E-state index in [0.717, 1.165) is 19.5 Å². The van der Waals surface area contributed by atoms with Crippen molar-refractivity contribution in [3.8, 4) is 0 Å². The molecule has 1 aliphatic carbocycles. The maximum absolute atomic E-state index is 9.12. The molecule has 0 aromatic carbocycles. The first kappa shape index (κ1) is 12.3. The first-order chi connectivity index (χ1) is 6.68. The lowest BCUT2D eigenvalue weighted by Gasteiger charge is -2.27. The van der Waals surface area contributed by atoms with E-state index in [-0.39, 0.29) is 6.10 Å². The van der Waals surface area contributed by atoms with Gasteiger partial charge in [-0.1, -0.05) is 12.8 Å². The summed E-state index contributed by atoms with van der Waals surface area (Å²) in [6.07, 6.45) is 8.41. The van der Waals surface area contributed by atoms with Crippen LogP contribution in [0.15, 0.2) is 0 Å². The van der Waals surface area contributed by atoms with E-state index in [1.807, 2.05) is 18.7 Å². The van der Waals surface area contributed by atoms with E-state index in [1.165, 1.54) is 25.7 Å². The lowest BCUT2D eigenvalue weighted by molar-refractivity contribution is 0.183. The molecule has 2 nitrogen and oxygen atoms in total. The Morgan fingerprint density at radius 2 is 2.07 bits per heavy atom. The van der Waals surface area contributed by atoms with Crippen LogP contribution in [-0.4, -0.2) is 35.3 Å². The molecule has 0 amide bonds. The number of aliphatic hydroxyl groups excluding tert-OH is 1. The van der Waals surface area contributed by atoms with Crippen molar-refractivity contribution in [2.24, 2.45) is 0 Å². The highest BCUT2D eigenvalue weighted by Crippen LogP contribution is 2.39. The van der Waals surface area contributed by atoms with Crippen molar-refractivity contribution in [2.75, 3.05) is 19.3 Å². The van der Waals surface area contributed by atoms with Crippen LogP contribution in [-0.2, 0) is 0 Å². The first-order valence-electron chi connectivity index (χ1n) is 5.62. The monoisotopic (exact) mass is 217 g/mol. The topological polar surface area (TPSA) is 32.3 Å². The first-order valence-corrected chi connectivity index (χ1v) is 6.85. The summed E-state index contributed by atoms with van der Waals surface area (Å²) in [4.78, 5) is 0. The molecule has 0 saturated heterocycles. The zero-order valence-electron chi connectivity index (χ0n) is 9.38. The minimum atomic E-state index is -0.170. The van der Waals surface area contributed by atoms with E-state index >= 15 is 0 Å². The number of rotatable bonds is 6. The predicted molar refractivity (Wildman–Crippen MR) is 63.9 cm³/mol. The Balaban J connectivity index is 2.15. The van der Waals surface area contributed by atoms with Crippen LogP contribution in [0.5, 0.6) is 0 Å². The van der Waals surface area contributed by atoms with E-state index in [1.54, 1.807) is 0 Å². The number of hydrogen-bond acceptors (Lipinski definition) is 3. The minimum Gasteiger partial charge on any atom is -0.393 e. The second-order valence-electron chi connectivity index (χ2n) is 4.41. The van der Waals surface area contributed by atoms with E-state index < -0.39 is 0 Å². The smallest absolute Gasteiger partial charge is 0.0524 e. The lowest BCUT2D eigenvalue weighted by atomic mass is 10.1. The quantitative estimate of drug-likeness (QED) is 0.668. The lowest BCUT2D eigenvalue weighted by Crippen LogP contribution is -2.36. The SMILES string of the molecule is CSC1(CNCCC(C)O)CCCC1. The Morgan fingerprint density at radius 1 is 1.43 bits per heavy atom. The van der Waals surface area contributed by atoms with Crippen molar-refractivity contribution in [2.45, 2.75) is 49.9 Å². The normalized spacial score (nSPS) is 22.5. The zero-order valence-corrected chi connectivity index (χ0v) is 10.2. The van der Waals surface area contributed by atoms with Crippen LogP contribution in [0.1, 0.15) is 39.0 Å². The number of nitrogens with one attached hydrogen (secondary N) is 1. The molecule has 0 spiro atoms. The largest absolute Gasteiger partial charge is 0.393 e. The fourth-order valence-corrected chi connectivity index (χ4v) is 3.04. The van der Waals surface area contributed by atoms with Crippen LogP contribution in [0.4, 0.5) is 0 Å². The van der Waals surface area contributed by atoms with E-state index in [9.17, 15) is 0 Å². The van der Waals surface area contributed by atoms with Crippen LogP contribution in [0.25, 0.3) is 0 Å². The Morgan fingerprint density at radius 3 is 2.57 bits per heavy atom. The van der Waals surface area contributed by atoms with Gasteiger partial charge in [-0.05, 0) is 39.0 Å². The minimum absolute atomic E-state index is 0.170. The fraction of sp³-hybridized carbons (Fsp3) is 1.00. The molecule has 1 fully saturated rings. The molecule has 1 atom stereocenters. The van der Waals surface area contributed by atoms with Gasteiger partial charge in [-0.15, -0.1) is 0 Å². The second-order valence-corrected chi connectivity index (χ2v) is 5.68. The van der Waals surface area contributed by atoms with Crippen molar-refractivity contribution < 1.29 is 5.11 Å². The van der Waals surface area contributed by atoms with Gasteiger partial charge in [0, 0.05) is 11.3 Å². The number of thioether (sulfide) groups is 1. The molecule has 0 bridgehead atoms. The van der Waals surface area contributed by atoms with Gasteiger partial charge in [0.05, 0.1) is 6.10 Å². The molecule has 1 unspecified atom stereocenters. The van der Waals surface area contributed by atoms with Gasteiger partial charge in [-0.25, -0.2) is 0 Å². The van der Waals surface area contributed by atoms with Gasteiger partial charge >= 0.3 is 0 Å². The summed E-state index contributed by atoms with van der Waals surface area (Å²) in [5.41, 5.74) is 0. The molecule has 0 aliphatic heterocycles. The molecule has 84 valence electrons. The van der Waals surface area contributed by atoms with Crippen LogP contribution in [0.2, 0.25) is 0 Å². The fourth-order valence-electron chi connectivity index (χ4n) is 2.10. The van der Waals surface area contributed by atoms with Crippen molar-refractivity contribution >= 4 is 11.8 Å². The van der Waals surface area contributed by atoms with Gasteiger partial charge in [0.2, 0.25) is 0 Å². The Labute approximate surface area is 91.9 Å². The average Bonchev–Trinajstić information content (AvgIpc) is 2.62. The maximum atomic E-state index is 9.12. The average molecular weight is 217 g/mol. The molecule has 0 aromatic rings. The Kier molecular flexibility index (Phi) is 5.28. The predicted octanol–water partition coefficient (Wildman–Crippen LogP) is 2.02. The molecule has 3 heteroatoms. The summed E-state index contributed by atoms with van der Waals surface area (Å²) in [5.74, 6) is 0. The maximum Gasteiger partial charge on any atom is 0.0524 e. The molecule has 1 aliphatic rings. The third kappa shape index (κ3) is 3.79. The standard InChI is InChI=1S/C11H23NOS/c1-10(13)5-8-12-9-11(14-2)6-3-4-7-11/h10,12-13H,3-9H2,1-2H3. The van der Waals surface area contributed by atoms with E-state index in [2.05, 4.69) is 11.6 Å².